The van der Waals surface area contributed by atoms with Gasteiger partial charge in [0.1, 0.15) is 0 Å². The van der Waals surface area contributed by atoms with Gasteiger partial charge < -0.3 is 5.11 Å². The van der Waals surface area contributed by atoms with Crippen LogP contribution in [0.25, 0.3) is 0 Å². The third kappa shape index (κ3) is 3.60. The standard InChI is InChI=1S/C18H28O/c1-13-11-15(3)17(12-14(13)2)18(19)16-9-7-5-4-6-8-10-16/h11-12,16,18-19H,4-10H2,1-3H3. The van der Waals surface area contributed by atoms with Gasteiger partial charge in [0, 0.05) is 0 Å². The first-order chi connectivity index (χ1) is 9.09. The highest BCUT2D eigenvalue weighted by atomic mass is 16.3. The van der Waals surface area contributed by atoms with Crippen LogP contribution in [0.15, 0.2) is 12.1 Å². The van der Waals surface area contributed by atoms with Gasteiger partial charge in [0.2, 0.25) is 0 Å². The first kappa shape index (κ1) is 14.6. The molecule has 1 nitrogen and oxygen atoms in total. The van der Waals surface area contributed by atoms with E-state index in [1.54, 1.807) is 0 Å². The highest BCUT2D eigenvalue weighted by Gasteiger charge is 2.23. The molecule has 1 saturated carbocycles. The van der Waals surface area contributed by atoms with Crippen LogP contribution in [0.1, 0.15) is 73.3 Å². The normalized spacial score (nSPS) is 19.8. The molecule has 0 saturated heterocycles. The van der Waals surface area contributed by atoms with Crippen LogP contribution >= 0.6 is 0 Å². The molecule has 1 aromatic carbocycles. The van der Waals surface area contributed by atoms with Gasteiger partial charge in [-0.1, -0.05) is 44.2 Å². The average molecular weight is 260 g/mol. The van der Waals surface area contributed by atoms with Crippen molar-refractivity contribution in [2.75, 3.05) is 0 Å². The van der Waals surface area contributed by atoms with E-state index < -0.39 is 0 Å². The SMILES string of the molecule is Cc1cc(C)c(C(O)C2CCCCCCC2)cc1C. The van der Waals surface area contributed by atoms with Crippen LogP contribution in [0.5, 0.6) is 0 Å². The van der Waals surface area contributed by atoms with Crippen molar-refractivity contribution in [2.45, 2.75) is 71.8 Å². The van der Waals surface area contributed by atoms with Gasteiger partial charge in [-0.15, -0.1) is 0 Å². The fourth-order valence-electron chi connectivity index (χ4n) is 3.36. The Labute approximate surface area is 118 Å². The van der Waals surface area contributed by atoms with Gasteiger partial charge >= 0.3 is 0 Å². The summed E-state index contributed by atoms with van der Waals surface area (Å²) in [5.74, 6) is 0.459. The zero-order chi connectivity index (χ0) is 13.8. The molecule has 1 unspecified atom stereocenters. The summed E-state index contributed by atoms with van der Waals surface area (Å²) in [6.45, 7) is 6.42. The van der Waals surface area contributed by atoms with Crippen LogP contribution < -0.4 is 0 Å². The lowest BCUT2D eigenvalue weighted by molar-refractivity contribution is 0.0906. The van der Waals surface area contributed by atoms with E-state index in [9.17, 15) is 5.11 Å². The second-order valence-electron chi connectivity index (χ2n) is 6.34. The van der Waals surface area contributed by atoms with Gasteiger partial charge in [0.05, 0.1) is 6.10 Å². The molecule has 1 aliphatic rings. The van der Waals surface area contributed by atoms with Crippen LogP contribution in [0, 0.1) is 26.7 Å². The third-order valence-corrected chi connectivity index (χ3v) is 4.80. The number of aryl methyl sites for hydroxylation is 3. The summed E-state index contributed by atoms with van der Waals surface area (Å²) in [5.41, 5.74) is 5.03. The second-order valence-corrected chi connectivity index (χ2v) is 6.34. The van der Waals surface area contributed by atoms with Crippen molar-refractivity contribution >= 4 is 0 Å². The number of hydrogen-bond acceptors (Lipinski definition) is 1. The van der Waals surface area contributed by atoms with E-state index in [-0.39, 0.29) is 6.10 Å². The van der Waals surface area contributed by atoms with Crippen LogP contribution in [-0.2, 0) is 0 Å². The molecule has 0 radical (unpaired) electrons. The lowest BCUT2D eigenvalue weighted by atomic mass is 9.82. The molecule has 1 heteroatoms. The molecule has 0 spiro atoms. The van der Waals surface area contributed by atoms with E-state index in [2.05, 4.69) is 32.9 Å². The summed E-state index contributed by atoms with van der Waals surface area (Å²) in [6, 6.07) is 4.42. The Hall–Kier alpha value is -0.820. The Morgan fingerprint density at radius 1 is 0.842 bits per heavy atom. The minimum Gasteiger partial charge on any atom is -0.388 e. The largest absolute Gasteiger partial charge is 0.388 e. The molecular weight excluding hydrogens is 232 g/mol. The van der Waals surface area contributed by atoms with Crippen LogP contribution in [0.3, 0.4) is 0 Å². The molecule has 0 amide bonds. The third-order valence-electron chi connectivity index (χ3n) is 4.80. The van der Waals surface area contributed by atoms with Gasteiger partial charge in [-0.3, -0.25) is 0 Å². The van der Waals surface area contributed by atoms with Crippen LogP contribution in [0.4, 0.5) is 0 Å². The molecule has 19 heavy (non-hydrogen) atoms. The predicted molar refractivity (Wildman–Crippen MR) is 81.4 cm³/mol. The van der Waals surface area contributed by atoms with E-state index in [1.807, 2.05) is 0 Å². The summed E-state index contributed by atoms with van der Waals surface area (Å²) in [4.78, 5) is 0. The fourth-order valence-corrected chi connectivity index (χ4v) is 3.36. The predicted octanol–water partition coefficient (Wildman–Crippen LogP) is 5.01. The first-order valence-corrected chi connectivity index (χ1v) is 7.85. The Bertz CT molecular complexity index is 414. The number of aliphatic hydroxyl groups excluding tert-OH is 1. The Morgan fingerprint density at radius 3 is 2.00 bits per heavy atom. The molecule has 1 fully saturated rings. The Morgan fingerprint density at radius 2 is 1.37 bits per heavy atom. The van der Waals surface area contributed by atoms with E-state index in [4.69, 9.17) is 0 Å². The summed E-state index contributed by atoms with van der Waals surface area (Å²) < 4.78 is 0. The molecule has 0 aromatic heterocycles. The topological polar surface area (TPSA) is 20.2 Å². The summed E-state index contributed by atoms with van der Waals surface area (Å²) in [6.07, 6.45) is 8.74. The van der Waals surface area contributed by atoms with Crippen molar-refractivity contribution in [3.05, 3.63) is 34.4 Å². The Kier molecular flexibility index (Phi) is 5.04. The maximum absolute atomic E-state index is 10.8. The minimum atomic E-state index is -0.266. The molecule has 1 N–H and O–H groups in total. The summed E-state index contributed by atoms with van der Waals surface area (Å²) >= 11 is 0. The number of aliphatic hydroxyl groups is 1. The average Bonchev–Trinajstić information content (AvgIpc) is 2.32. The molecule has 0 aliphatic heterocycles. The minimum absolute atomic E-state index is 0.266. The molecule has 1 aromatic rings. The van der Waals surface area contributed by atoms with E-state index >= 15 is 0 Å². The van der Waals surface area contributed by atoms with Crippen LogP contribution in [0.2, 0.25) is 0 Å². The fraction of sp³-hybridized carbons (Fsp3) is 0.667. The highest BCUT2D eigenvalue weighted by molar-refractivity contribution is 5.37. The van der Waals surface area contributed by atoms with Crippen molar-refractivity contribution in [3.8, 4) is 0 Å². The van der Waals surface area contributed by atoms with Crippen molar-refractivity contribution in [2.24, 2.45) is 5.92 Å². The highest BCUT2D eigenvalue weighted by Crippen LogP contribution is 2.34. The zero-order valence-electron chi connectivity index (χ0n) is 12.7. The molecule has 1 atom stereocenters. The van der Waals surface area contributed by atoms with Gasteiger partial charge in [-0.25, -0.2) is 0 Å². The monoisotopic (exact) mass is 260 g/mol. The lowest BCUT2D eigenvalue weighted by Crippen LogP contribution is -2.15. The van der Waals surface area contributed by atoms with Gasteiger partial charge in [0.15, 0.2) is 0 Å². The van der Waals surface area contributed by atoms with E-state index in [0.29, 0.717) is 5.92 Å². The van der Waals surface area contributed by atoms with Gasteiger partial charge in [-0.05, 0) is 61.8 Å². The molecule has 1 aliphatic carbocycles. The van der Waals surface area contributed by atoms with Crippen molar-refractivity contribution in [1.29, 1.82) is 0 Å². The van der Waals surface area contributed by atoms with Gasteiger partial charge in [0.25, 0.3) is 0 Å². The maximum Gasteiger partial charge on any atom is 0.0820 e. The second kappa shape index (κ2) is 6.56. The summed E-state index contributed by atoms with van der Waals surface area (Å²) in [5, 5.41) is 10.8. The molecular formula is C18H28O. The number of benzene rings is 1. The van der Waals surface area contributed by atoms with Gasteiger partial charge in [-0.2, -0.15) is 0 Å². The first-order valence-electron chi connectivity index (χ1n) is 7.85. The number of rotatable bonds is 2. The summed E-state index contributed by atoms with van der Waals surface area (Å²) in [7, 11) is 0. The zero-order valence-corrected chi connectivity index (χ0v) is 12.7. The lowest BCUT2D eigenvalue weighted by Gasteiger charge is -2.26. The molecule has 106 valence electrons. The number of hydrogen-bond donors (Lipinski definition) is 1. The van der Waals surface area contributed by atoms with Crippen molar-refractivity contribution in [3.63, 3.8) is 0 Å². The smallest absolute Gasteiger partial charge is 0.0820 e. The quantitative estimate of drug-likeness (QED) is 0.793. The van der Waals surface area contributed by atoms with E-state index in [1.165, 1.54) is 61.6 Å². The maximum atomic E-state index is 10.8. The Balaban J connectivity index is 2.17. The van der Waals surface area contributed by atoms with E-state index in [0.717, 1.165) is 5.56 Å². The molecule has 0 heterocycles. The molecule has 2 rings (SSSR count). The molecule has 0 bridgehead atoms. The van der Waals surface area contributed by atoms with Crippen molar-refractivity contribution in [1.82, 2.24) is 0 Å². The van der Waals surface area contributed by atoms with Crippen LogP contribution in [-0.4, -0.2) is 5.11 Å². The van der Waals surface area contributed by atoms with Crippen molar-refractivity contribution < 1.29 is 5.11 Å².